The number of aromatic carboxylic acids is 1. The van der Waals surface area contributed by atoms with Gasteiger partial charge in [-0.1, -0.05) is 23.7 Å². The van der Waals surface area contributed by atoms with E-state index in [-0.39, 0.29) is 16.4 Å². The van der Waals surface area contributed by atoms with Gasteiger partial charge in [0.15, 0.2) is 5.78 Å². The lowest BCUT2D eigenvalue weighted by Gasteiger charge is -2.35. The molecule has 100 valence electrons. The van der Waals surface area contributed by atoms with Gasteiger partial charge in [0.05, 0.1) is 10.6 Å². The number of hydrogen-bond donors (Lipinski definition) is 1. The smallest absolute Gasteiger partial charge is 0.337 e. The van der Waals surface area contributed by atoms with E-state index >= 15 is 0 Å². The SMILES string of the molecule is CC(=O)C1(c2ccc(Cl)c(C(=O)O)c2)CC=CN1C. The number of halogens is 1. The molecule has 4 nitrogen and oxygen atoms in total. The lowest BCUT2D eigenvalue weighted by Crippen LogP contribution is -2.43. The number of Topliss-reactive ketones (excluding diaryl/α,β-unsaturated/α-hetero) is 1. The number of carbonyl (C=O) groups excluding carboxylic acids is 1. The number of ketones is 1. The van der Waals surface area contributed by atoms with Gasteiger partial charge in [-0.15, -0.1) is 0 Å². The van der Waals surface area contributed by atoms with Gasteiger partial charge >= 0.3 is 5.97 Å². The molecule has 1 N–H and O–H groups in total. The van der Waals surface area contributed by atoms with E-state index in [0.717, 1.165) is 0 Å². The van der Waals surface area contributed by atoms with Crippen LogP contribution in [-0.4, -0.2) is 28.8 Å². The van der Waals surface area contributed by atoms with Gasteiger partial charge in [-0.25, -0.2) is 4.79 Å². The average Bonchev–Trinajstić information content (AvgIpc) is 2.72. The van der Waals surface area contributed by atoms with E-state index in [1.807, 2.05) is 17.2 Å². The van der Waals surface area contributed by atoms with Crippen LogP contribution in [0.2, 0.25) is 5.02 Å². The summed E-state index contributed by atoms with van der Waals surface area (Å²) in [5, 5.41) is 9.29. The normalized spacial score (nSPS) is 21.7. The first kappa shape index (κ1) is 13.6. The number of hydrogen-bond acceptors (Lipinski definition) is 3. The largest absolute Gasteiger partial charge is 0.478 e. The van der Waals surface area contributed by atoms with E-state index < -0.39 is 11.5 Å². The molecule has 0 spiro atoms. The van der Waals surface area contributed by atoms with Crippen LogP contribution in [0.25, 0.3) is 0 Å². The zero-order valence-corrected chi connectivity index (χ0v) is 11.4. The van der Waals surface area contributed by atoms with E-state index in [4.69, 9.17) is 16.7 Å². The van der Waals surface area contributed by atoms with Crippen LogP contribution in [0.5, 0.6) is 0 Å². The summed E-state index contributed by atoms with van der Waals surface area (Å²) in [4.78, 5) is 25.0. The van der Waals surface area contributed by atoms with Gasteiger partial charge in [-0.2, -0.15) is 0 Å². The highest BCUT2D eigenvalue weighted by Crippen LogP contribution is 2.38. The number of carbonyl (C=O) groups is 2. The van der Waals surface area contributed by atoms with Crippen LogP contribution in [-0.2, 0) is 10.3 Å². The van der Waals surface area contributed by atoms with Crippen molar-refractivity contribution in [2.24, 2.45) is 0 Å². The predicted octanol–water partition coefficient (Wildman–Crippen LogP) is 2.67. The maximum atomic E-state index is 12.1. The molecule has 1 atom stereocenters. The molecule has 1 heterocycles. The van der Waals surface area contributed by atoms with Gasteiger partial charge in [0.25, 0.3) is 0 Å². The third-order valence-electron chi connectivity index (χ3n) is 3.60. The summed E-state index contributed by atoms with van der Waals surface area (Å²) in [6.45, 7) is 1.51. The van der Waals surface area contributed by atoms with Crippen LogP contribution < -0.4 is 0 Å². The van der Waals surface area contributed by atoms with Crippen LogP contribution in [0.4, 0.5) is 0 Å². The summed E-state index contributed by atoms with van der Waals surface area (Å²) in [7, 11) is 1.81. The third-order valence-corrected chi connectivity index (χ3v) is 3.93. The Morgan fingerprint density at radius 2 is 2.11 bits per heavy atom. The molecule has 0 aliphatic carbocycles. The van der Waals surface area contributed by atoms with Crippen molar-refractivity contribution in [2.45, 2.75) is 18.9 Å². The Morgan fingerprint density at radius 3 is 2.58 bits per heavy atom. The van der Waals surface area contributed by atoms with E-state index in [9.17, 15) is 9.59 Å². The van der Waals surface area contributed by atoms with Gasteiger partial charge in [0.2, 0.25) is 0 Å². The lowest BCUT2D eigenvalue weighted by molar-refractivity contribution is -0.126. The minimum absolute atomic E-state index is 0.0140. The van der Waals surface area contributed by atoms with Gasteiger partial charge in [0.1, 0.15) is 5.54 Å². The van der Waals surface area contributed by atoms with E-state index in [1.54, 1.807) is 13.1 Å². The molecule has 1 aromatic carbocycles. The number of rotatable bonds is 3. The van der Waals surface area contributed by atoms with Crippen molar-refractivity contribution in [3.8, 4) is 0 Å². The average molecular weight is 280 g/mol. The molecule has 5 heteroatoms. The van der Waals surface area contributed by atoms with Gasteiger partial charge in [0, 0.05) is 13.5 Å². The highest BCUT2D eigenvalue weighted by atomic mass is 35.5. The van der Waals surface area contributed by atoms with Crippen LogP contribution >= 0.6 is 11.6 Å². The Bertz CT molecular complexity index is 582. The molecule has 0 aromatic heterocycles. The van der Waals surface area contributed by atoms with Crippen LogP contribution in [0.3, 0.4) is 0 Å². The topological polar surface area (TPSA) is 57.6 Å². The van der Waals surface area contributed by atoms with Crippen LogP contribution in [0.15, 0.2) is 30.5 Å². The zero-order chi connectivity index (χ0) is 14.2. The van der Waals surface area contributed by atoms with E-state index in [2.05, 4.69) is 0 Å². The molecule has 0 fully saturated rings. The summed E-state index contributed by atoms with van der Waals surface area (Å²) in [6.07, 6.45) is 4.26. The second kappa shape index (κ2) is 4.70. The van der Waals surface area contributed by atoms with Crippen molar-refractivity contribution >= 4 is 23.4 Å². The molecule has 0 saturated heterocycles. The molecule has 0 bridgehead atoms. The molecule has 1 aromatic rings. The molecule has 1 aliphatic rings. The number of benzene rings is 1. The maximum absolute atomic E-state index is 12.1. The Hall–Kier alpha value is -1.81. The summed E-state index contributed by atoms with van der Waals surface area (Å²) < 4.78 is 0. The zero-order valence-electron chi connectivity index (χ0n) is 10.7. The van der Waals surface area contributed by atoms with Gasteiger partial charge < -0.3 is 10.0 Å². The Morgan fingerprint density at radius 1 is 1.42 bits per heavy atom. The number of carboxylic acid groups (broad SMARTS) is 1. The lowest BCUT2D eigenvalue weighted by atomic mass is 9.83. The first-order valence-corrected chi connectivity index (χ1v) is 6.21. The fourth-order valence-electron chi connectivity index (χ4n) is 2.52. The quantitative estimate of drug-likeness (QED) is 0.924. The molecule has 19 heavy (non-hydrogen) atoms. The minimum atomic E-state index is -1.10. The van der Waals surface area contributed by atoms with Crippen molar-refractivity contribution in [1.29, 1.82) is 0 Å². The fraction of sp³-hybridized carbons (Fsp3) is 0.286. The summed E-state index contributed by atoms with van der Waals surface area (Å²) in [6, 6.07) is 4.71. The molecule has 0 radical (unpaired) electrons. The molecule has 0 amide bonds. The molecular weight excluding hydrogens is 266 g/mol. The molecule has 2 rings (SSSR count). The number of nitrogens with zero attached hydrogens (tertiary/aromatic N) is 1. The third kappa shape index (κ3) is 2.02. The standard InChI is InChI=1S/C14H14ClNO3/c1-9(17)14(6-3-7-16(14)2)10-4-5-12(15)11(8-10)13(18)19/h3-5,7-8H,6H2,1-2H3,(H,18,19). The van der Waals surface area contributed by atoms with Crippen molar-refractivity contribution in [3.05, 3.63) is 46.6 Å². The summed E-state index contributed by atoms with van der Waals surface area (Å²) in [5.41, 5.74) is -0.163. The van der Waals surface area contributed by atoms with Crippen molar-refractivity contribution in [2.75, 3.05) is 7.05 Å². The molecule has 1 aliphatic heterocycles. The highest BCUT2D eigenvalue weighted by Gasteiger charge is 2.42. The predicted molar refractivity (Wildman–Crippen MR) is 72.3 cm³/mol. The summed E-state index contributed by atoms with van der Waals surface area (Å²) >= 11 is 5.86. The Labute approximate surface area is 116 Å². The second-order valence-electron chi connectivity index (χ2n) is 4.62. The van der Waals surface area contributed by atoms with Crippen LogP contribution in [0, 0.1) is 0 Å². The van der Waals surface area contributed by atoms with Gasteiger partial charge in [-0.05, 0) is 30.8 Å². The van der Waals surface area contributed by atoms with E-state index in [0.29, 0.717) is 12.0 Å². The monoisotopic (exact) mass is 279 g/mol. The van der Waals surface area contributed by atoms with Crippen molar-refractivity contribution in [3.63, 3.8) is 0 Å². The summed E-state index contributed by atoms with van der Waals surface area (Å²) in [5.74, 6) is -1.13. The van der Waals surface area contributed by atoms with E-state index in [1.165, 1.54) is 19.1 Å². The van der Waals surface area contributed by atoms with Gasteiger partial charge in [-0.3, -0.25) is 4.79 Å². The molecule has 1 unspecified atom stereocenters. The highest BCUT2D eigenvalue weighted by molar-refractivity contribution is 6.33. The maximum Gasteiger partial charge on any atom is 0.337 e. The minimum Gasteiger partial charge on any atom is -0.478 e. The Balaban J connectivity index is 2.59. The first-order chi connectivity index (χ1) is 8.89. The van der Waals surface area contributed by atoms with Crippen molar-refractivity contribution < 1.29 is 14.7 Å². The number of carboxylic acids is 1. The second-order valence-corrected chi connectivity index (χ2v) is 5.02. The van der Waals surface area contributed by atoms with Crippen LogP contribution in [0.1, 0.15) is 29.3 Å². The Kier molecular flexibility index (Phi) is 3.37. The van der Waals surface area contributed by atoms with Crippen molar-refractivity contribution in [1.82, 2.24) is 4.90 Å². The number of likely N-dealkylation sites (N-methyl/N-ethyl adjacent to an activating group) is 1. The fourth-order valence-corrected chi connectivity index (χ4v) is 2.71. The first-order valence-electron chi connectivity index (χ1n) is 5.83. The molecular formula is C14H14ClNO3. The molecule has 0 saturated carbocycles.